The van der Waals surface area contributed by atoms with E-state index in [9.17, 15) is 0 Å². The van der Waals surface area contributed by atoms with Gasteiger partial charge in [0.25, 0.3) is 0 Å². The van der Waals surface area contributed by atoms with Crippen LogP contribution < -0.4 is 0 Å². The highest BCUT2D eigenvalue weighted by atomic mass is 14.4. The third kappa shape index (κ3) is 3.45. The van der Waals surface area contributed by atoms with Crippen molar-refractivity contribution in [1.82, 2.24) is 0 Å². The van der Waals surface area contributed by atoms with E-state index in [1.807, 2.05) is 0 Å². The molecule has 0 heterocycles. The third-order valence-electron chi connectivity index (χ3n) is 10.8. The van der Waals surface area contributed by atoms with Crippen molar-refractivity contribution >= 4 is 43.1 Å². The van der Waals surface area contributed by atoms with Crippen LogP contribution in [0.25, 0.3) is 98.7 Å². The molecule has 2 aliphatic rings. The normalized spacial score (nSPS) is 12.9. The quantitative estimate of drug-likeness (QED) is 0.177. The first-order valence-corrected chi connectivity index (χ1v) is 16.7. The third-order valence-corrected chi connectivity index (χ3v) is 10.8. The Morgan fingerprint density at radius 1 is 0.413 bits per heavy atom. The van der Waals surface area contributed by atoms with E-state index >= 15 is 0 Å². The van der Waals surface area contributed by atoms with Gasteiger partial charge in [-0.1, -0.05) is 100 Å². The lowest BCUT2D eigenvalue weighted by Gasteiger charge is -2.21. The Labute approximate surface area is 270 Å². The number of aryl methyl sites for hydroxylation is 1. The molecule has 0 heteroatoms. The van der Waals surface area contributed by atoms with E-state index in [1.165, 1.54) is 110 Å². The fourth-order valence-electron chi connectivity index (χ4n) is 8.45. The van der Waals surface area contributed by atoms with Gasteiger partial charge in [0.2, 0.25) is 0 Å². The number of fused-ring (bicyclic) bond motifs is 9. The molecule has 0 spiro atoms. The van der Waals surface area contributed by atoms with Gasteiger partial charge >= 0.3 is 0 Å². The van der Waals surface area contributed by atoms with Crippen molar-refractivity contribution in [3.8, 4) is 55.6 Å². The van der Waals surface area contributed by atoms with Crippen molar-refractivity contribution < 1.29 is 0 Å². The Balaban J connectivity index is 1.38. The van der Waals surface area contributed by atoms with Crippen LogP contribution >= 0.6 is 0 Å². The maximum atomic E-state index is 2.53. The summed E-state index contributed by atoms with van der Waals surface area (Å²) in [5.74, 6) is 0. The van der Waals surface area contributed by atoms with Gasteiger partial charge in [-0.25, -0.2) is 0 Å². The minimum absolute atomic E-state index is 0.0685. The second-order valence-corrected chi connectivity index (χ2v) is 14.4. The SMILES string of the molecule is CCc1cc2c3c(c(-c4cccc(C(C)(C)C)c4)cc4c3c1-c1cc3ccccc3cc1-4)-c1cc3cc4ccccc4cc3cc1-2. The summed E-state index contributed by atoms with van der Waals surface area (Å²) in [7, 11) is 0. The molecule has 2 aliphatic carbocycles. The summed E-state index contributed by atoms with van der Waals surface area (Å²) < 4.78 is 0. The van der Waals surface area contributed by atoms with Crippen molar-refractivity contribution in [3.63, 3.8) is 0 Å². The van der Waals surface area contributed by atoms with E-state index in [4.69, 9.17) is 0 Å². The molecule has 0 N–H and O–H groups in total. The Hall–Kier alpha value is -5.20. The van der Waals surface area contributed by atoms with Gasteiger partial charge in [0, 0.05) is 0 Å². The van der Waals surface area contributed by atoms with Crippen LogP contribution in [0.4, 0.5) is 0 Å². The standard InChI is InChI=1S/C46H34/c1-5-26-20-40-37-23-32-17-27-11-6-7-12-28(27)18-33(32)24-39(37)43-35(31-15-10-16-34(19-31)46(2,3)4)25-41-36-21-29-13-8-9-14-30(29)22-38(36)42(26)44(41)45(40)43/h6-25H,5H2,1-4H3. The first kappa shape index (κ1) is 26.1. The molecule has 46 heavy (non-hydrogen) atoms. The zero-order valence-electron chi connectivity index (χ0n) is 26.8. The first-order valence-electron chi connectivity index (χ1n) is 16.7. The largest absolute Gasteiger partial charge is 0.0616 e. The molecule has 0 nitrogen and oxygen atoms in total. The number of hydrogen-bond donors (Lipinski definition) is 0. The summed E-state index contributed by atoms with van der Waals surface area (Å²) in [6.45, 7) is 9.26. The first-order chi connectivity index (χ1) is 22.4. The molecule has 0 bridgehead atoms. The minimum Gasteiger partial charge on any atom is -0.0616 e. The van der Waals surface area contributed by atoms with E-state index in [0.29, 0.717) is 0 Å². The molecule has 8 aromatic carbocycles. The monoisotopic (exact) mass is 586 g/mol. The topological polar surface area (TPSA) is 0 Å². The zero-order valence-corrected chi connectivity index (χ0v) is 26.8. The molecule has 218 valence electrons. The van der Waals surface area contributed by atoms with Crippen molar-refractivity contribution in [2.75, 3.05) is 0 Å². The molecular formula is C46H34. The smallest absolute Gasteiger partial charge is 0.000742 e. The van der Waals surface area contributed by atoms with E-state index in [-0.39, 0.29) is 5.41 Å². The summed E-state index contributed by atoms with van der Waals surface area (Å²) in [5, 5.41) is 10.7. The lowest BCUT2D eigenvalue weighted by atomic mass is 9.83. The Kier molecular flexibility index (Phi) is 5.07. The zero-order chi connectivity index (χ0) is 30.9. The van der Waals surface area contributed by atoms with Crippen molar-refractivity contribution in [2.24, 2.45) is 0 Å². The fraction of sp³-hybridized carbons (Fsp3) is 0.130. The van der Waals surface area contributed by atoms with Gasteiger partial charge in [-0.3, -0.25) is 0 Å². The van der Waals surface area contributed by atoms with Gasteiger partial charge in [-0.15, -0.1) is 0 Å². The predicted molar refractivity (Wildman–Crippen MR) is 199 cm³/mol. The average molecular weight is 587 g/mol. The van der Waals surface area contributed by atoms with E-state index < -0.39 is 0 Å². The minimum atomic E-state index is 0.0685. The second-order valence-electron chi connectivity index (χ2n) is 14.4. The molecule has 0 amide bonds. The maximum absolute atomic E-state index is 2.53. The number of benzene rings is 8. The van der Waals surface area contributed by atoms with Gasteiger partial charge in [0.15, 0.2) is 0 Å². The second kappa shape index (κ2) is 8.95. The molecule has 10 rings (SSSR count). The molecule has 0 saturated carbocycles. The number of rotatable bonds is 2. The molecule has 0 fully saturated rings. The maximum Gasteiger partial charge on any atom is -0.000742 e. The highest BCUT2D eigenvalue weighted by molar-refractivity contribution is 6.31. The van der Waals surface area contributed by atoms with Crippen LogP contribution in [0.1, 0.15) is 38.8 Å². The summed E-state index contributed by atoms with van der Waals surface area (Å²) in [6, 6.07) is 46.5. The molecule has 0 saturated heterocycles. The summed E-state index contributed by atoms with van der Waals surface area (Å²) in [5.41, 5.74) is 16.6. The Morgan fingerprint density at radius 3 is 1.57 bits per heavy atom. The molecule has 0 unspecified atom stereocenters. The van der Waals surface area contributed by atoms with E-state index in [1.54, 1.807) is 0 Å². The molecule has 8 aromatic rings. The lowest BCUT2D eigenvalue weighted by molar-refractivity contribution is 0.590. The van der Waals surface area contributed by atoms with Crippen LogP contribution in [0.2, 0.25) is 0 Å². The van der Waals surface area contributed by atoms with Gasteiger partial charge in [-0.2, -0.15) is 0 Å². The van der Waals surface area contributed by atoms with Crippen LogP contribution in [0.5, 0.6) is 0 Å². The van der Waals surface area contributed by atoms with Gasteiger partial charge in [0.1, 0.15) is 0 Å². The predicted octanol–water partition coefficient (Wildman–Crippen LogP) is 13.1. The summed E-state index contributed by atoms with van der Waals surface area (Å²) in [4.78, 5) is 0. The Bertz CT molecular complexity index is 2640. The molecular weight excluding hydrogens is 553 g/mol. The van der Waals surface area contributed by atoms with Crippen LogP contribution in [-0.4, -0.2) is 0 Å². The number of hydrogen-bond acceptors (Lipinski definition) is 0. The van der Waals surface area contributed by atoms with Gasteiger partial charge in [-0.05, 0) is 170 Å². The van der Waals surface area contributed by atoms with Crippen LogP contribution in [0, 0.1) is 0 Å². The summed E-state index contributed by atoms with van der Waals surface area (Å²) in [6.07, 6.45) is 1.00. The Morgan fingerprint density at radius 2 is 0.935 bits per heavy atom. The van der Waals surface area contributed by atoms with E-state index in [2.05, 4.69) is 149 Å². The molecule has 0 aromatic heterocycles. The van der Waals surface area contributed by atoms with Crippen molar-refractivity contribution in [3.05, 3.63) is 132 Å². The average Bonchev–Trinajstić information content (AvgIpc) is 3.55. The molecule has 0 radical (unpaired) electrons. The van der Waals surface area contributed by atoms with Gasteiger partial charge < -0.3 is 0 Å². The lowest BCUT2D eigenvalue weighted by Crippen LogP contribution is -2.10. The fourth-order valence-corrected chi connectivity index (χ4v) is 8.45. The van der Waals surface area contributed by atoms with Crippen molar-refractivity contribution in [2.45, 2.75) is 39.5 Å². The molecule has 0 aliphatic heterocycles. The molecule has 0 atom stereocenters. The van der Waals surface area contributed by atoms with Crippen molar-refractivity contribution in [1.29, 1.82) is 0 Å². The summed E-state index contributed by atoms with van der Waals surface area (Å²) >= 11 is 0. The van der Waals surface area contributed by atoms with Crippen LogP contribution in [0.3, 0.4) is 0 Å². The highest BCUT2D eigenvalue weighted by Crippen LogP contribution is 2.61. The van der Waals surface area contributed by atoms with Crippen LogP contribution in [0.15, 0.2) is 121 Å². The van der Waals surface area contributed by atoms with Crippen LogP contribution in [-0.2, 0) is 11.8 Å². The van der Waals surface area contributed by atoms with Gasteiger partial charge in [0.05, 0.1) is 0 Å². The van der Waals surface area contributed by atoms with E-state index in [0.717, 1.165) is 6.42 Å². The highest BCUT2D eigenvalue weighted by Gasteiger charge is 2.34.